The molecule has 0 aliphatic heterocycles. The zero-order valence-corrected chi connectivity index (χ0v) is 11.4. The molecule has 2 aromatic carbocycles. The van der Waals surface area contributed by atoms with Crippen LogP contribution in [-0.2, 0) is 11.3 Å². The molecule has 2 aromatic rings. The molecule has 0 radical (unpaired) electrons. The molecule has 2 N–H and O–H groups in total. The molecule has 0 bridgehead atoms. The summed E-state index contributed by atoms with van der Waals surface area (Å²) in [4.78, 5) is 1.06. The van der Waals surface area contributed by atoms with Gasteiger partial charge in [0.25, 0.3) is 0 Å². The summed E-state index contributed by atoms with van der Waals surface area (Å²) < 4.78 is 5.58. The van der Waals surface area contributed by atoms with E-state index < -0.39 is 0 Å². The maximum atomic E-state index is 5.94. The summed E-state index contributed by atoms with van der Waals surface area (Å²) in [5.74, 6) is 0.592. The lowest BCUT2D eigenvalue weighted by atomic mass is 10.2. The fourth-order valence-corrected chi connectivity index (χ4v) is 2.35. The van der Waals surface area contributed by atoms with Crippen LogP contribution in [0.4, 0.5) is 5.69 Å². The van der Waals surface area contributed by atoms with Gasteiger partial charge in [0.1, 0.15) is 0 Å². The number of rotatable bonds is 5. The zero-order chi connectivity index (χ0) is 12.8. The predicted molar refractivity (Wildman–Crippen MR) is 77.8 cm³/mol. The van der Waals surface area contributed by atoms with E-state index in [9.17, 15) is 0 Å². The van der Waals surface area contributed by atoms with Crippen molar-refractivity contribution >= 4 is 29.1 Å². The average molecular weight is 280 g/mol. The minimum Gasteiger partial charge on any atom is -0.398 e. The van der Waals surface area contributed by atoms with E-state index in [2.05, 4.69) is 0 Å². The highest BCUT2D eigenvalue weighted by Crippen LogP contribution is 2.26. The molecule has 4 heteroatoms. The van der Waals surface area contributed by atoms with Gasteiger partial charge in [-0.2, -0.15) is 0 Å². The average Bonchev–Trinajstić information content (AvgIpc) is 2.40. The number of hydrogen-bond donors (Lipinski definition) is 1. The summed E-state index contributed by atoms with van der Waals surface area (Å²) in [6.45, 7) is 0.622. The van der Waals surface area contributed by atoms with Gasteiger partial charge in [-0.25, -0.2) is 0 Å². The molecule has 0 atom stereocenters. The van der Waals surface area contributed by atoms with Crippen molar-refractivity contribution in [3.05, 3.63) is 59.1 Å². The second-order valence-corrected chi connectivity index (χ2v) is 5.18. The fourth-order valence-electron chi connectivity index (χ4n) is 1.44. The Balaban J connectivity index is 1.77. The van der Waals surface area contributed by atoms with Gasteiger partial charge in [0.15, 0.2) is 0 Å². The summed E-state index contributed by atoms with van der Waals surface area (Å²) in [6, 6.07) is 15.7. The first kappa shape index (κ1) is 13.3. The number of nitrogens with two attached hydrogens (primary N) is 1. The van der Waals surface area contributed by atoms with Crippen molar-refractivity contribution in [2.24, 2.45) is 0 Å². The van der Waals surface area contributed by atoms with Gasteiger partial charge in [-0.3, -0.25) is 0 Å². The topological polar surface area (TPSA) is 35.2 Å². The van der Waals surface area contributed by atoms with Gasteiger partial charge >= 0.3 is 0 Å². The number of anilines is 1. The van der Waals surface area contributed by atoms with Gasteiger partial charge in [0, 0.05) is 4.90 Å². The van der Waals surface area contributed by atoms with Gasteiger partial charge < -0.3 is 10.5 Å². The molecule has 18 heavy (non-hydrogen) atoms. The Kier molecular flexibility index (Phi) is 4.93. The standard InChI is InChI=1S/C14H14ClNOS/c15-13-8-12(6-7-14(13)16)18-10-17-9-11-4-2-1-3-5-11/h1-8H,9-10,16H2. The maximum Gasteiger partial charge on any atom is 0.0971 e. The molecular weight excluding hydrogens is 266 g/mol. The Labute approximate surface area is 116 Å². The molecule has 2 nitrogen and oxygen atoms in total. The molecule has 0 amide bonds. The summed E-state index contributed by atoms with van der Waals surface area (Å²) in [5.41, 5.74) is 7.42. The Morgan fingerprint density at radius 1 is 1.11 bits per heavy atom. The summed E-state index contributed by atoms with van der Waals surface area (Å²) in [6.07, 6.45) is 0. The van der Waals surface area contributed by atoms with Gasteiger partial charge in [-0.1, -0.05) is 53.7 Å². The first-order chi connectivity index (χ1) is 8.75. The van der Waals surface area contributed by atoms with Crippen LogP contribution < -0.4 is 5.73 Å². The van der Waals surface area contributed by atoms with Crippen molar-refractivity contribution in [1.29, 1.82) is 0 Å². The molecule has 0 aromatic heterocycles. The number of halogens is 1. The third-order valence-corrected chi connectivity index (χ3v) is 3.59. The van der Waals surface area contributed by atoms with Crippen LogP contribution in [0.2, 0.25) is 5.02 Å². The van der Waals surface area contributed by atoms with E-state index >= 15 is 0 Å². The minimum atomic E-state index is 0.586. The highest BCUT2D eigenvalue weighted by molar-refractivity contribution is 7.99. The van der Waals surface area contributed by atoms with Crippen molar-refractivity contribution in [2.45, 2.75) is 11.5 Å². The molecule has 0 aliphatic carbocycles. The Morgan fingerprint density at radius 3 is 2.61 bits per heavy atom. The second-order valence-electron chi connectivity index (χ2n) is 3.78. The third-order valence-electron chi connectivity index (χ3n) is 2.39. The predicted octanol–water partition coefficient (Wildman–Crippen LogP) is 4.19. The minimum absolute atomic E-state index is 0.586. The molecule has 0 heterocycles. The Hall–Kier alpha value is -1.16. The highest BCUT2D eigenvalue weighted by Gasteiger charge is 1.99. The number of thioether (sulfide) groups is 1. The molecule has 0 unspecified atom stereocenters. The Bertz CT molecular complexity index is 504. The molecule has 0 aliphatic rings. The van der Waals surface area contributed by atoms with E-state index in [0.29, 0.717) is 23.3 Å². The van der Waals surface area contributed by atoms with Crippen molar-refractivity contribution in [3.63, 3.8) is 0 Å². The number of ether oxygens (including phenoxy) is 1. The number of benzene rings is 2. The molecular formula is C14H14ClNOS. The lowest BCUT2D eigenvalue weighted by Crippen LogP contribution is -1.92. The first-order valence-corrected chi connectivity index (χ1v) is 6.91. The number of nitrogen functional groups attached to an aromatic ring is 1. The van der Waals surface area contributed by atoms with Crippen LogP contribution >= 0.6 is 23.4 Å². The Morgan fingerprint density at radius 2 is 1.89 bits per heavy atom. The molecule has 0 saturated carbocycles. The highest BCUT2D eigenvalue weighted by atomic mass is 35.5. The SMILES string of the molecule is Nc1ccc(SCOCc2ccccc2)cc1Cl. The quantitative estimate of drug-likeness (QED) is 0.386. The van der Waals surface area contributed by atoms with Crippen molar-refractivity contribution in [3.8, 4) is 0 Å². The van der Waals surface area contributed by atoms with Gasteiger partial charge in [-0.05, 0) is 23.8 Å². The van der Waals surface area contributed by atoms with E-state index in [4.69, 9.17) is 22.1 Å². The van der Waals surface area contributed by atoms with E-state index in [-0.39, 0.29) is 0 Å². The van der Waals surface area contributed by atoms with Crippen molar-refractivity contribution in [2.75, 3.05) is 11.7 Å². The molecule has 0 saturated heterocycles. The van der Waals surface area contributed by atoms with E-state index in [0.717, 1.165) is 4.90 Å². The van der Waals surface area contributed by atoms with E-state index in [1.54, 1.807) is 11.8 Å². The van der Waals surface area contributed by atoms with E-state index in [1.165, 1.54) is 5.56 Å². The third kappa shape index (κ3) is 3.95. The lowest BCUT2D eigenvalue weighted by molar-refractivity contribution is 0.169. The van der Waals surface area contributed by atoms with Crippen LogP contribution in [0.3, 0.4) is 0 Å². The van der Waals surface area contributed by atoms with Crippen LogP contribution in [0.15, 0.2) is 53.4 Å². The van der Waals surface area contributed by atoms with Crippen molar-refractivity contribution < 1.29 is 4.74 Å². The van der Waals surface area contributed by atoms with Gasteiger partial charge in [0.2, 0.25) is 0 Å². The maximum absolute atomic E-state index is 5.94. The second kappa shape index (κ2) is 6.69. The first-order valence-electron chi connectivity index (χ1n) is 5.55. The monoisotopic (exact) mass is 279 g/mol. The fraction of sp³-hybridized carbons (Fsp3) is 0.143. The van der Waals surface area contributed by atoms with E-state index in [1.807, 2.05) is 48.5 Å². The van der Waals surface area contributed by atoms with Crippen molar-refractivity contribution in [1.82, 2.24) is 0 Å². The summed E-state index contributed by atoms with van der Waals surface area (Å²) in [5, 5.41) is 0.586. The van der Waals surface area contributed by atoms with Crippen LogP contribution in [0.25, 0.3) is 0 Å². The lowest BCUT2D eigenvalue weighted by Gasteiger charge is -2.05. The summed E-state index contributed by atoms with van der Waals surface area (Å²) in [7, 11) is 0. The smallest absolute Gasteiger partial charge is 0.0971 e. The largest absolute Gasteiger partial charge is 0.398 e. The summed E-state index contributed by atoms with van der Waals surface area (Å²) >= 11 is 7.54. The molecule has 94 valence electrons. The van der Waals surface area contributed by atoms with Gasteiger partial charge in [0.05, 0.1) is 23.3 Å². The van der Waals surface area contributed by atoms with Crippen LogP contribution in [0.5, 0.6) is 0 Å². The molecule has 0 fully saturated rings. The molecule has 2 rings (SSSR count). The van der Waals surface area contributed by atoms with Crippen LogP contribution in [0, 0.1) is 0 Å². The zero-order valence-electron chi connectivity index (χ0n) is 9.80. The number of hydrogen-bond acceptors (Lipinski definition) is 3. The molecule has 0 spiro atoms. The normalized spacial score (nSPS) is 10.5. The van der Waals surface area contributed by atoms with Crippen LogP contribution in [0.1, 0.15) is 5.56 Å². The van der Waals surface area contributed by atoms with Gasteiger partial charge in [-0.15, -0.1) is 0 Å². The van der Waals surface area contributed by atoms with Crippen LogP contribution in [-0.4, -0.2) is 5.94 Å².